The SMILES string of the molecule is C=C(C(c1ccccc1)n1cnc(NC(=O)C(COCc2ccccc2)NC(=C)C(C)(C)N)c1)N1CCC(C)(C)CC1. The first-order chi connectivity index (χ1) is 19.9. The molecule has 42 heavy (non-hydrogen) atoms. The summed E-state index contributed by atoms with van der Waals surface area (Å²) in [5.74, 6) is 0.160. The molecule has 1 aliphatic heterocycles. The Morgan fingerprint density at radius 3 is 2.31 bits per heavy atom. The average Bonchev–Trinajstić information content (AvgIpc) is 3.40. The van der Waals surface area contributed by atoms with E-state index < -0.39 is 11.6 Å². The quantitative estimate of drug-likeness (QED) is 0.252. The van der Waals surface area contributed by atoms with Crippen molar-refractivity contribution in [2.24, 2.45) is 11.1 Å². The van der Waals surface area contributed by atoms with Crippen LogP contribution in [-0.2, 0) is 16.1 Å². The van der Waals surface area contributed by atoms with E-state index >= 15 is 0 Å². The number of piperidine rings is 1. The van der Waals surface area contributed by atoms with E-state index in [2.05, 4.69) is 59.7 Å². The Morgan fingerprint density at radius 1 is 1.07 bits per heavy atom. The lowest BCUT2D eigenvalue weighted by Crippen LogP contribution is -2.49. The van der Waals surface area contributed by atoms with Gasteiger partial charge in [0.1, 0.15) is 6.04 Å². The van der Waals surface area contributed by atoms with Gasteiger partial charge in [-0.05, 0) is 43.2 Å². The number of amides is 1. The molecular formula is C34H46N6O2. The van der Waals surface area contributed by atoms with Gasteiger partial charge in [0.15, 0.2) is 5.82 Å². The molecule has 2 atom stereocenters. The van der Waals surface area contributed by atoms with Crippen molar-refractivity contribution in [1.82, 2.24) is 19.8 Å². The van der Waals surface area contributed by atoms with Crippen LogP contribution in [0.4, 0.5) is 5.82 Å². The van der Waals surface area contributed by atoms with Gasteiger partial charge in [-0.2, -0.15) is 0 Å². The van der Waals surface area contributed by atoms with Gasteiger partial charge in [-0.25, -0.2) is 4.98 Å². The molecule has 1 amide bonds. The van der Waals surface area contributed by atoms with Crippen LogP contribution in [0.1, 0.15) is 57.7 Å². The maximum absolute atomic E-state index is 13.5. The van der Waals surface area contributed by atoms with E-state index in [1.165, 1.54) is 0 Å². The molecule has 8 heteroatoms. The van der Waals surface area contributed by atoms with Gasteiger partial charge in [0, 0.05) is 36.2 Å². The Labute approximate surface area is 250 Å². The fourth-order valence-corrected chi connectivity index (χ4v) is 4.95. The summed E-state index contributed by atoms with van der Waals surface area (Å²) in [6, 6.07) is 19.3. The molecule has 4 rings (SSSR count). The number of hydrogen-bond donors (Lipinski definition) is 3. The molecule has 8 nitrogen and oxygen atoms in total. The number of anilines is 1. The molecule has 3 aromatic rings. The number of allylic oxidation sites excluding steroid dienone is 1. The number of benzene rings is 2. The summed E-state index contributed by atoms with van der Waals surface area (Å²) in [6.45, 7) is 19.3. The molecule has 2 unspecified atom stereocenters. The summed E-state index contributed by atoms with van der Waals surface area (Å²) in [6.07, 6.45) is 5.84. The number of rotatable bonds is 13. The standard InChI is InChI=1S/C34H46N6O2/c1-25(39-19-17-33(3,4)18-20-39)31(28-15-11-8-12-16-28)40-21-30(36-24-40)38-32(41)29(37-26(2)34(5,6)35)23-42-22-27-13-9-7-10-14-27/h7-16,21,24,29,31,37H,1-2,17-20,22-23,35H2,3-6H3,(H,38,41). The Hall–Kier alpha value is -3.88. The largest absolute Gasteiger partial charge is 0.374 e. The Kier molecular flexibility index (Phi) is 9.91. The normalized spacial score (nSPS) is 16.4. The maximum Gasteiger partial charge on any atom is 0.250 e. The van der Waals surface area contributed by atoms with Crippen molar-refractivity contribution in [3.63, 3.8) is 0 Å². The highest BCUT2D eigenvalue weighted by Gasteiger charge is 2.30. The van der Waals surface area contributed by atoms with E-state index in [-0.39, 0.29) is 18.6 Å². The second-order valence-electron chi connectivity index (χ2n) is 12.5. The van der Waals surface area contributed by atoms with Crippen LogP contribution in [0.3, 0.4) is 0 Å². The lowest BCUT2D eigenvalue weighted by Gasteiger charge is -2.41. The van der Waals surface area contributed by atoms with Crippen LogP contribution in [-0.4, -0.2) is 51.6 Å². The third-order valence-corrected chi connectivity index (χ3v) is 7.94. The van der Waals surface area contributed by atoms with Gasteiger partial charge in [-0.15, -0.1) is 0 Å². The second-order valence-corrected chi connectivity index (χ2v) is 12.5. The first-order valence-electron chi connectivity index (χ1n) is 14.6. The molecule has 0 aliphatic carbocycles. The number of nitrogens with one attached hydrogen (secondary N) is 2. The number of imidazole rings is 1. The highest BCUT2D eigenvalue weighted by atomic mass is 16.5. The number of carbonyl (C=O) groups is 1. The molecular weight excluding hydrogens is 524 g/mol. The topological polar surface area (TPSA) is 97.4 Å². The lowest BCUT2D eigenvalue weighted by atomic mass is 9.82. The summed E-state index contributed by atoms with van der Waals surface area (Å²) in [5.41, 5.74) is 9.55. The van der Waals surface area contributed by atoms with Gasteiger partial charge in [0.05, 0.1) is 25.6 Å². The first kappa shape index (κ1) is 31.1. The van der Waals surface area contributed by atoms with Crippen molar-refractivity contribution in [2.75, 3.05) is 25.0 Å². The van der Waals surface area contributed by atoms with Crippen LogP contribution >= 0.6 is 0 Å². The predicted octanol–water partition coefficient (Wildman–Crippen LogP) is 5.47. The van der Waals surface area contributed by atoms with Crippen LogP contribution in [0.15, 0.2) is 97.7 Å². The summed E-state index contributed by atoms with van der Waals surface area (Å²) >= 11 is 0. The van der Waals surface area contributed by atoms with E-state index in [0.717, 1.165) is 42.8 Å². The zero-order valence-electron chi connectivity index (χ0n) is 25.5. The molecule has 2 aromatic carbocycles. The molecule has 0 saturated carbocycles. The van der Waals surface area contributed by atoms with Crippen LogP contribution in [0, 0.1) is 5.41 Å². The Bertz CT molecular complexity index is 1330. The Morgan fingerprint density at radius 2 is 1.69 bits per heavy atom. The number of ether oxygens (including phenoxy) is 1. The zero-order chi connectivity index (χ0) is 30.3. The van der Waals surface area contributed by atoms with E-state index in [1.54, 1.807) is 6.33 Å². The predicted molar refractivity (Wildman–Crippen MR) is 170 cm³/mol. The number of nitrogens with two attached hydrogens (primary N) is 1. The van der Waals surface area contributed by atoms with Gasteiger partial charge < -0.3 is 30.6 Å². The van der Waals surface area contributed by atoms with Crippen LogP contribution < -0.4 is 16.4 Å². The lowest BCUT2D eigenvalue weighted by molar-refractivity contribution is -0.119. The summed E-state index contributed by atoms with van der Waals surface area (Å²) in [7, 11) is 0. The number of nitrogens with zero attached hydrogens (tertiary/aromatic N) is 3. The minimum Gasteiger partial charge on any atom is -0.374 e. The van der Waals surface area contributed by atoms with Crippen molar-refractivity contribution >= 4 is 11.7 Å². The molecule has 224 valence electrons. The van der Waals surface area contributed by atoms with E-state index in [4.69, 9.17) is 10.5 Å². The molecule has 0 bridgehead atoms. The fourth-order valence-electron chi connectivity index (χ4n) is 4.95. The first-order valence-corrected chi connectivity index (χ1v) is 14.6. The summed E-state index contributed by atoms with van der Waals surface area (Å²) < 4.78 is 7.94. The molecule has 1 fully saturated rings. The smallest absolute Gasteiger partial charge is 0.250 e. The molecule has 0 radical (unpaired) electrons. The highest BCUT2D eigenvalue weighted by Crippen LogP contribution is 2.35. The van der Waals surface area contributed by atoms with Gasteiger partial charge >= 0.3 is 0 Å². The number of likely N-dealkylation sites (tertiary alicyclic amines) is 1. The maximum atomic E-state index is 13.5. The van der Waals surface area contributed by atoms with Crippen molar-refractivity contribution < 1.29 is 9.53 Å². The molecule has 0 spiro atoms. The average molecular weight is 571 g/mol. The molecule has 2 heterocycles. The Balaban J connectivity index is 1.49. The second kappa shape index (κ2) is 13.4. The van der Waals surface area contributed by atoms with Crippen molar-refractivity contribution in [3.05, 3.63) is 109 Å². The van der Waals surface area contributed by atoms with Gasteiger partial charge in [-0.1, -0.05) is 87.7 Å². The minimum atomic E-state index is -0.717. The number of aromatic nitrogens is 2. The monoisotopic (exact) mass is 570 g/mol. The van der Waals surface area contributed by atoms with Gasteiger partial charge in [-0.3, -0.25) is 4.79 Å². The van der Waals surface area contributed by atoms with Crippen LogP contribution in [0.25, 0.3) is 0 Å². The molecule has 4 N–H and O–H groups in total. The zero-order valence-corrected chi connectivity index (χ0v) is 25.5. The third kappa shape index (κ3) is 8.33. The van der Waals surface area contributed by atoms with Crippen LogP contribution in [0.2, 0.25) is 0 Å². The number of hydrogen-bond acceptors (Lipinski definition) is 6. The van der Waals surface area contributed by atoms with Crippen LogP contribution in [0.5, 0.6) is 0 Å². The van der Waals surface area contributed by atoms with Crippen molar-refractivity contribution in [1.29, 1.82) is 0 Å². The van der Waals surface area contributed by atoms with E-state index in [1.807, 2.05) is 73.1 Å². The third-order valence-electron chi connectivity index (χ3n) is 7.94. The van der Waals surface area contributed by atoms with E-state index in [9.17, 15) is 4.79 Å². The minimum absolute atomic E-state index is 0.130. The molecule has 1 aromatic heterocycles. The number of carbonyl (C=O) groups excluding carboxylic acids is 1. The molecule has 1 saturated heterocycles. The summed E-state index contributed by atoms with van der Waals surface area (Å²) in [5, 5.41) is 6.14. The van der Waals surface area contributed by atoms with E-state index in [0.29, 0.717) is 23.5 Å². The van der Waals surface area contributed by atoms with Crippen molar-refractivity contribution in [2.45, 2.75) is 64.8 Å². The highest BCUT2D eigenvalue weighted by molar-refractivity contribution is 5.94. The van der Waals surface area contributed by atoms with Crippen molar-refractivity contribution in [3.8, 4) is 0 Å². The van der Waals surface area contributed by atoms with Gasteiger partial charge in [0.25, 0.3) is 0 Å². The fraction of sp³-hybridized carbons (Fsp3) is 0.412. The summed E-state index contributed by atoms with van der Waals surface area (Å²) in [4.78, 5) is 20.4. The van der Waals surface area contributed by atoms with Gasteiger partial charge in [0.2, 0.25) is 5.91 Å². The molecule has 1 aliphatic rings.